The van der Waals surface area contributed by atoms with Gasteiger partial charge in [0.05, 0.1) is 6.04 Å². The zero-order valence-electron chi connectivity index (χ0n) is 11.4. The summed E-state index contributed by atoms with van der Waals surface area (Å²) in [5, 5.41) is 11.6. The molecule has 0 radical (unpaired) electrons. The smallest absolute Gasteiger partial charge is 0.326 e. The van der Waals surface area contributed by atoms with Gasteiger partial charge in [0, 0.05) is 20.1 Å². The van der Waals surface area contributed by atoms with Gasteiger partial charge in [-0.15, -0.1) is 0 Å². The van der Waals surface area contributed by atoms with Crippen molar-refractivity contribution < 1.29 is 19.4 Å². The molecule has 0 fully saturated rings. The molecule has 6 nitrogen and oxygen atoms in total. The van der Waals surface area contributed by atoms with Gasteiger partial charge >= 0.3 is 5.97 Å². The van der Waals surface area contributed by atoms with E-state index in [4.69, 9.17) is 15.6 Å². The minimum Gasteiger partial charge on any atom is -0.480 e. The normalized spacial score (nSPS) is 13.5. The Morgan fingerprint density at radius 2 is 2.00 bits per heavy atom. The fraction of sp³-hybridized carbons (Fsp3) is 0.429. The molecule has 110 valence electrons. The van der Waals surface area contributed by atoms with E-state index in [0.717, 1.165) is 5.56 Å². The predicted molar refractivity (Wildman–Crippen MR) is 74.2 cm³/mol. The highest BCUT2D eigenvalue weighted by atomic mass is 16.5. The molecule has 0 saturated carbocycles. The average molecular weight is 280 g/mol. The largest absolute Gasteiger partial charge is 0.480 e. The minimum absolute atomic E-state index is 0.221. The predicted octanol–water partition coefficient (Wildman–Crippen LogP) is 0.162. The number of aliphatic carboxylic acids is 1. The third-order valence-corrected chi connectivity index (χ3v) is 2.87. The molecule has 0 saturated heterocycles. The summed E-state index contributed by atoms with van der Waals surface area (Å²) in [7, 11) is 1.51. The van der Waals surface area contributed by atoms with Gasteiger partial charge in [-0.1, -0.05) is 30.3 Å². The summed E-state index contributed by atoms with van der Waals surface area (Å²) in [6.45, 7) is 0.352. The van der Waals surface area contributed by atoms with E-state index in [1.165, 1.54) is 7.11 Å². The Hall–Kier alpha value is -1.92. The van der Waals surface area contributed by atoms with Crippen molar-refractivity contribution in [1.82, 2.24) is 5.32 Å². The summed E-state index contributed by atoms with van der Waals surface area (Å²) in [5.74, 6) is -1.56. The first-order chi connectivity index (χ1) is 9.54. The molecular weight excluding hydrogens is 260 g/mol. The number of ether oxygens (including phenoxy) is 1. The zero-order valence-corrected chi connectivity index (χ0v) is 11.4. The number of rotatable bonds is 8. The third-order valence-electron chi connectivity index (χ3n) is 2.87. The number of carboxylic acid groups (broad SMARTS) is 1. The fourth-order valence-corrected chi connectivity index (χ4v) is 1.70. The van der Waals surface area contributed by atoms with Gasteiger partial charge in [-0.3, -0.25) is 4.79 Å². The van der Waals surface area contributed by atoms with Crippen LogP contribution in [-0.2, 0) is 20.7 Å². The molecule has 0 heterocycles. The molecule has 1 unspecified atom stereocenters. The maximum atomic E-state index is 11.8. The van der Waals surface area contributed by atoms with Crippen molar-refractivity contribution in [3.63, 3.8) is 0 Å². The second-order valence-electron chi connectivity index (χ2n) is 4.48. The Bertz CT molecular complexity index is 436. The van der Waals surface area contributed by atoms with E-state index in [9.17, 15) is 9.59 Å². The number of nitrogens with two attached hydrogens (primary N) is 1. The van der Waals surface area contributed by atoms with Gasteiger partial charge in [-0.2, -0.15) is 0 Å². The van der Waals surface area contributed by atoms with Crippen molar-refractivity contribution in [2.45, 2.75) is 24.9 Å². The van der Waals surface area contributed by atoms with Crippen molar-refractivity contribution in [3.8, 4) is 0 Å². The molecule has 2 atom stereocenters. The quantitative estimate of drug-likeness (QED) is 0.629. The van der Waals surface area contributed by atoms with Crippen LogP contribution < -0.4 is 11.1 Å². The number of benzene rings is 1. The van der Waals surface area contributed by atoms with Gasteiger partial charge in [0.15, 0.2) is 0 Å². The molecule has 0 aromatic heterocycles. The summed E-state index contributed by atoms with van der Waals surface area (Å²) in [6.07, 6.45) is 0.568. The number of amides is 1. The maximum Gasteiger partial charge on any atom is 0.326 e. The number of hydrogen-bond donors (Lipinski definition) is 3. The third kappa shape index (κ3) is 5.38. The topological polar surface area (TPSA) is 102 Å². The number of hydrogen-bond acceptors (Lipinski definition) is 4. The molecule has 1 aromatic carbocycles. The van der Waals surface area contributed by atoms with Crippen LogP contribution >= 0.6 is 0 Å². The van der Waals surface area contributed by atoms with Gasteiger partial charge in [-0.05, 0) is 12.0 Å². The Morgan fingerprint density at radius 1 is 1.35 bits per heavy atom. The van der Waals surface area contributed by atoms with Crippen LogP contribution in [0.4, 0.5) is 0 Å². The van der Waals surface area contributed by atoms with Gasteiger partial charge in [-0.25, -0.2) is 4.79 Å². The van der Waals surface area contributed by atoms with Crippen LogP contribution in [0.5, 0.6) is 0 Å². The van der Waals surface area contributed by atoms with Crippen LogP contribution in [-0.4, -0.2) is 42.8 Å². The highest BCUT2D eigenvalue weighted by Gasteiger charge is 2.23. The van der Waals surface area contributed by atoms with E-state index in [2.05, 4.69) is 5.32 Å². The van der Waals surface area contributed by atoms with Gasteiger partial charge in [0.2, 0.25) is 5.91 Å². The van der Waals surface area contributed by atoms with E-state index in [1.54, 1.807) is 0 Å². The molecule has 0 aliphatic carbocycles. The highest BCUT2D eigenvalue weighted by Crippen LogP contribution is 2.04. The molecule has 1 aromatic rings. The van der Waals surface area contributed by atoms with Crippen molar-refractivity contribution in [1.29, 1.82) is 0 Å². The zero-order chi connectivity index (χ0) is 15.0. The van der Waals surface area contributed by atoms with E-state index >= 15 is 0 Å². The van der Waals surface area contributed by atoms with Crippen LogP contribution in [0.15, 0.2) is 30.3 Å². The summed E-state index contributed by atoms with van der Waals surface area (Å²) < 4.78 is 4.83. The second-order valence-corrected chi connectivity index (χ2v) is 4.48. The van der Waals surface area contributed by atoms with E-state index in [1.807, 2.05) is 30.3 Å². The molecule has 0 spiro atoms. The SMILES string of the molecule is COCCC(N)C(=O)N[C@H](Cc1ccccc1)C(=O)O. The van der Waals surface area contributed by atoms with E-state index < -0.39 is 24.0 Å². The molecule has 1 rings (SSSR count). The second kappa shape index (κ2) is 8.29. The standard InChI is InChI=1S/C14H20N2O4/c1-20-8-7-11(15)13(17)16-12(14(18)19)9-10-5-3-2-4-6-10/h2-6,11-12H,7-9,15H2,1H3,(H,16,17)(H,18,19)/t11?,12-/m1/s1. The highest BCUT2D eigenvalue weighted by molar-refractivity contribution is 5.86. The number of nitrogens with one attached hydrogen (secondary N) is 1. The molecule has 6 heteroatoms. The first-order valence-corrected chi connectivity index (χ1v) is 6.36. The maximum absolute atomic E-state index is 11.8. The van der Waals surface area contributed by atoms with Crippen molar-refractivity contribution in [2.75, 3.05) is 13.7 Å². The van der Waals surface area contributed by atoms with Crippen molar-refractivity contribution in [3.05, 3.63) is 35.9 Å². The van der Waals surface area contributed by atoms with Crippen LogP contribution in [0.1, 0.15) is 12.0 Å². The molecule has 4 N–H and O–H groups in total. The molecule has 1 amide bonds. The number of carbonyl (C=O) groups is 2. The minimum atomic E-state index is -1.08. The van der Waals surface area contributed by atoms with E-state index in [-0.39, 0.29) is 6.42 Å². The van der Waals surface area contributed by atoms with Gasteiger partial charge in [0.25, 0.3) is 0 Å². The van der Waals surface area contributed by atoms with Crippen LogP contribution in [0.25, 0.3) is 0 Å². The van der Waals surface area contributed by atoms with Gasteiger partial charge in [0.1, 0.15) is 6.04 Å². The summed E-state index contributed by atoms with van der Waals surface area (Å²) in [5.41, 5.74) is 6.50. The summed E-state index contributed by atoms with van der Waals surface area (Å²) in [4.78, 5) is 23.0. The Labute approximate surface area is 117 Å². The monoisotopic (exact) mass is 280 g/mol. The lowest BCUT2D eigenvalue weighted by Crippen LogP contribution is -2.49. The van der Waals surface area contributed by atoms with Crippen molar-refractivity contribution >= 4 is 11.9 Å². The first-order valence-electron chi connectivity index (χ1n) is 6.36. The van der Waals surface area contributed by atoms with Crippen LogP contribution in [0.2, 0.25) is 0 Å². The molecule has 0 aliphatic heterocycles. The lowest BCUT2D eigenvalue weighted by molar-refractivity contribution is -0.142. The number of carbonyl (C=O) groups excluding carboxylic acids is 1. The fourth-order valence-electron chi connectivity index (χ4n) is 1.70. The molecule has 0 bridgehead atoms. The Morgan fingerprint density at radius 3 is 2.55 bits per heavy atom. The van der Waals surface area contributed by atoms with Crippen molar-refractivity contribution in [2.24, 2.45) is 5.73 Å². The van der Waals surface area contributed by atoms with Crippen LogP contribution in [0, 0.1) is 0 Å². The molecular formula is C14H20N2O4. The Kier molecular flexibility index (Phi) is 6.69. The van der Waals surface area contributed by atoms with Crippen LogP contribution in [0.3, 0.4) is 0 Å². The lowest BCUT2D eigenvalue weighted by atomic mass is 10.1. The van der Waals surface area contributed by atoms with Gasteiger partial charge < -0.3 is 20.9 Å². The lowest BCUT2D eigenvalue weighted by Gasteiger charge is -2.17. The summed E-state index contributed by atoms with van der Waals surface area (Å²) in [6, 6.07) is 7.35. The average Bonchev–Trinajstić information content (AvgIpc) is 2.44. The number of carboxylic acids is 1. The first kappa shape index (κ1) is 16.1. The van der Waals surface area contributed by atoms with E-state index in [0.29, 0.717) is 13.0 Å². The Balaban J connectivity index is 2.59. The number of methoxy groups -OCH3 is 1. The molecule has 20 heavy (non-hydrogen) atoms. The molecule has 0 aliphatic rings. The summed E-state index contributed by atoms with van der Waals surface area (Å²) >= 11 is 0.